The highest BCUT2D eigenvalue weighted by molar-refractivity contribution is 5.99. The SMILES string of the molecule is CC#CCn1c(N2CCC[C@@H](NC(=O)OC(C)(C)C)C2)nc2c1c(=O)n(CC(=O)c1cccc3c1OCO3)c(=O)n2C. The van der Waals surface area contributed by atoms with Gasteiger partial charge in [-0.05, 0) is 52.7 Å². The molecule has 0 bridgehead atoms. The van der Waals surface area contributed by atoms with Gasteiger partial charge in [-0.2, -0.15) is 4.98 Å². The summed E-state index contributed by atoms with van der Waals surface area (Å²) >= 11 is 0. The first kappa shape index (κ1) is 28.8. The molecule has 0 aliphatic carbocycles. The Kier molecular flexibility index (Phi) is 7.73. The Morgan fingerprint density at radius 3 is 2.71 bits per heavy atom. The quantitative estimate of drug-likeness (QED) is 0.344. The zero-order chi connectivity index (χ0) is 30.2. The summed E-state index contributed by atoms with van der Waals surface area (Å²) in [6, 6.07) is 4.69. The normalized spacial score (nSPS) is 16.2. The van der Waals surface area contributed by atoms with Gasteiger partial charge in [0.1, 0.15) is 5.60 Å². The fourth-order valence-corrected chi connectivity index (χ4v) is 5.18. The van der Waals surface area contributed by atoms with E-state index in [0.717, 1.165) is 17.4 Å². The number of rotatable bonds is 6. The van der Waals surface area contributed by atoms with Gasteiger partial charge in [0, 0.05) is 26.2 Å². The minimum absolute atomic E-state index is 0.0155. The van der Waals surface area contributed by atoms with E-state index in [-0.39, 0.29) is 36.1 Å². The van der Waals surface area contributed by atoms with Crippen LogP contribution in [-0.2, 0) is 24.9 Å². The van der Waals surface area contributed by atoms with Crippen LogP contribution < -0.4 is 30.9 Å². The van der Waals surface area contributed by atoms with Crippen LogP contribution in [-0.4, -0.2) is 62.1 Å². The monoisotopic (exact) mass is 578 g/mol. The number of carbonyl (C=O) groups is 2. The lowest BCUT2D eigenvalue weighted by Gasteiger charge is -2.34. The maximum Gasteiger partial charge on any atom is 0.407 e. The second-order valence-corrected chi connectivity index (χ2v) is 11.2. The molecule has 0 radical (unpaired) electrons. The zero-order valence-electron chi connectivity index (χ0n) is 24.4. The molecule has 0 unspecified atom stereocenters. The van der Waals surface area contributed by atoms with Crippen LogP contribution in [0.15, 0.2) is 27.8 Å². The van der Waals surface area contributed by atoms with Gasteiger partial charge in [0.2, 0.25) is 12.7 Å². The van der Waals surface area contributed by atoms with Gasteiger partial charge in [-0.3, -0.25) is 23.3 Å². The van der Waals surface area contributed by atoms with Crippen molar-refractivity contribution < 1.29 is 23.8 Å². The maximum absolute atomic E-state index is 13.9. The predicted octanol–water partition coefficient (Wildman–Crippen LogP) is 2.03. The number of alkyl carbamates (subject to hydrolysis) is 1. The van der Waals surface area contributed by atoms with E-state index in [2.05, 4.69) is 17.2 Å². The standard InChI is InChI=1S/C29H34N6O7/c1-6-7-14-34-22-24(31-26(34)33-13-9-10-18(15-33)30-27(38)42-29(2,3)4)32(5)28(39)35(25(22)37)16-20(36)19-11-8-12-21-23(19)41-17-40-21/h8,11-12,18H,9-10,13-17H2,1-5H3,(H,30,38)/t18-/m1/s1. The van der Waals surface area contributed by atoms with Gasteiger partial charge < -0.3 is 24.4 Å². The largest absolute Gasteiger partial charge is 0.454 e. The molecule has 1 atom stereocenters. The lowest BCUT2D eigenvalue weighted by atomic mass is 10.1. The van der Waals surface area contributed by atoms with Crippen molar-refractivity contribution in [1.82, 2.24) is 24.0 Å². The average molecular weight is 579 g/mol. The molecule has 2 aliphatic heterocycles. The number of ether oxygens (including phenoxy) is 3. The fourth-order valence-electron chi connectivity index (χ4n) is 5.18. The highest BCUT2D eigenvalue weighted by atomic mass is 16.7. The molecule has 13 heteroatoms. The van der Waals surface area contributed by atoms with E-state index in [1.165, 1.54) is 11.6 Å². The molecule has 5 rings (SSSR count). The number of aryl methyl sites for hydroxylation is 1. The van der Waals surface area contributed by atoms with Crippen LogP contribution in [0.3, 0.4) is 0 Å². The van der Waals surface area contributed by atoms with Gasteiger partial charge in [-0.25, -0.2) is 9.59 Å². The number of Topliss-reactive ketones (excluding diaryl/α,β-unsaturated/α-hetero) is 1. The summed E-state index contributed by atoms with van der Waals surface area (Å²) in [5, 5.41) is 2.92. The molecule has 0 saturated carbocycles. The molecule has 1 amide bonds. The maximum atomic E-state index is 13.9. The highest BCUT2D eigenvalue weighted by Crippen LogP contribution is 2.35. The summed E-state index contributed by atoms with van der Waals surface area (Å²) in [7, 11) is 1.51. The number of piperidine rings is 1. The van der Waals surface area contributed by atoms with Gasteiger partial charge in [0.05, 0.1) is 18.7 Å². The molecular weight excluding hydrogens is 544 g/mol. The number of carbonyl (C=O) groups excluding carboxylic acids is 2. The van der Waals surface area contributed by atoms with Crippen molar-refractivity contribution in [2.24, 2.45) is 7.05 Å². The second-order valence-electron chi connectivity index (χ2n) is 11.2. The Morgan fingerprint density at radius 1 is 1.19 bits per heavy atom. The molecule has 222 valence electrons. The smallest absolute Gasteiger partial charge is 0.407 e. The first-order valence-electron chi connectivity index (χ1n) is 13.7. The van der Waals surface area contributed by atoms with Crippen molar-refractivity contribution in [3.63, 3.8) is 0 Å². The van der Waals surface area contributed by atoms with Crippen LogP contribution in [0.5, 0.6) is 11.5 Å². The Morgan fingerprint density at radius 2 is 1.98 bits per heavy atom. The molecule has 1 saturated heterocycles. The molecule has 13 nitrogen and oxygen atoms in total. The molecule has 1 fully saturated rings. The summed E-state index contributed by atoms with van der Waals surface area (Å²) in [6.07, 6.45) is 1.00. The van der Waals surface area contributed by atoms with Crippen molar-refractivity contribution in [3.8, 4) is 23.3 Å². The number of imidazole rings is 1. The third-order valence-corrected chi connectivity index (χ3v) is 7.05. The van der Waals surface area contributed by atoms with E-state index in [1.807, 2.05) is 4.90 Å². The molecule has 0 spiro atoms. The van der Waals surface area contributed by atoms with Crippen molar-refractivity contribution in [3.05, 3.63) is 44.6 Å². The van der Waals surface area contributed by atoms with Crippen LogP contribution in [0.25, 0.3) is 11.2 Å². The van der Waals surface area contributed by atoms with Crippen LogP contribution in [0.1, 0.15) is 50.9 Å². The van der Waals surface area contributed by atoms with Crippen LogP contribution in [0.4, 0.5) is 10.7 Å². The van der Waals surface area contributed by atoms with E-state index in [9.17, 15) is 19.2 Å². The van der Waals surface area contributed by atoms with Gasteiger partial charge >= 0.3 is 11.8 Å². The summed E-state index contributed by atoms with van der Waals surface area (Å²) in [5.74, 6) is 6.54. The predicted molar refractivity (Wildman–Crippen MR) is 154 cm³/mol. The number of para-hydroxylation sites is 1. The minimum Gasteiger partial charge on any atom is -0.454 e. The molecule has 42 heavy (non-hydrogen) atoms. The summed E-state index contributed by atoms with van der Waals surface area (Å²) in [5.41, 5.74) is -1.39. The molecule has 2 aromatic heterocycles. The number of hydrogen-bond acceptors (Lipinski definition) is 9. The Labute approximate surface area is 242 Å². The first-order chi connectivity index (χ1) is 20.0. The number of nitrogens with one attached hydrogen (secondary N) is 1. The molecule has 3 aromatic rings. The summed E-state index contributed by atoms with van der Waals surface area (Å²) in [6.45, 7) is 7.77. The third kappa shape index (κ3) is 5.57. The highest BCUT2D eigenvalue weighted by Gasteiger charge is 2.30. The zero-order valence-corrected chi connectivity index (χ0v) is 24.4. The molecule has 4 heterocycles. The van der Waals surface area contributed by atoms with Crippen molar-refractivity contribution in [2.75, 3.05) is 24.8 Å². The van der Waals surface area contributed by atoms with Crippen LogP contribution in [0, 0.1) is 11.8 Å². The first-order valence-corrected chi connectivity index (χ1v) is 13.7. The van der Waals surface area contributed by atoms with Crippen molar-refractivity contribution in [2.45, 2.75) is 65.3 Å². The topological polar surface area (TPSA) is 139 Å². The van der Waals surface area contributed by atoms with E-state index >= 15 is 0 Å². The minimum atomic E-state index is -0.675. The Balaban J connectivity index is 1.52. The molecular formula is C29H34N6O7. The second kappa shape index (κ2) is 11.3. The average Bonchev–Trinajstić information content (AvgIpc) is 3.57. The number of amides is 1. The van der Waals surface area contributed by atoms with E-state index in [1.54, 1.807) is 50.5 Å². The molecule has 2 aliphatic rings. The van der Waals surface area contributed by atoms with Gasteiger partial charge in [0.15, 0.2) is 28.4 Å². The number of fused-ring (bicyclic) bond motifs is 2. The van der Waals surface area contributed by atoms with Crippen LogP contribution >= 0.6 is 0 Å². The summed E-state index contributed by atoms with van der Waals surface area (Å²) < 4.78 is 20.1. The van der Waals surface area contributed by atoms with Gasteiger partial charge in [0.25, 0.3) is 5.56 Å². The van der Waals surface area contributed by atoms with Crippen LogP contribution in [0.2, 0.25) is 0 Å². The number of hydrogen-bond donors (Lipinski definition) is 1. The van der Waals surface area contributed by atoms with E-state index < -0.39 is 35.3 Å². The number of benzene rings is 1. The number of nitrogens with zero attached hydrogens (tertiary/aromatic N) is 5. The Hall–Kier alpha value is -4.73. The van der Waals surface area contributed by atoms with Crippen molar-refractivity contribution >= 4 is 29.0 Å². The van der Waals surface area contributed by atoms with Crippen molar-refractivity contribution in [1.29, 1.82) is 0 Å². The van der Waals surface area contributed by atoms with Gasteiger partial charge in [-0.1, -0.05) is 12.0 Å². The Bertz CT molecular complexity index is 1730. The van der Waals surface area contributed by atoms with E-state index in [4.69, 9.17) is 19.2 Å². The van der Waals surface area contributed by atoms with E-state index in [0.29, 0.717) is 30.5 Å². The lowest BCUT2D eigenvalue weighted by molar-refractivity contribution is 0.0499. The number of ketones is 1. The lowest BCUT2D eigenvalue weighted by Crippen LogP contribution is -2.49. The molecule has 1 N–H and O–H groups in total. The third-order valence-electron chi connectivity index (χ3n) is 7.05. The fraction of sp³-hybridized carbons (Fsp3) is 0.483. The van der Waals surface area contributed by atoms with Gasteiger partial charge in [-0.15, -0.1) is 5.92 Å². The summed E-state index contributed by atoms with van der Waals surface area (Å²) in [4.78, 5) is 59.6. The molecule has 1 aromatic carbocycles. The number of aromatic nitrogens is 4. The number of anilines is 1.